The average Bonchev–Trinajstić information content (AvgIpc) is 2.46. The Bertz CT molecular complexity index is 516. The molecule has 0 bridgehead atoms. The van der Waals surface area contributed by atoms with Crippen molar-refractivity contribution < 1.29 is 14.3 Å². The van der Waals surface area contributed by atoms with Crippen LogP contribution in [0.4, 0.5) is 0 Å². The van der Waals surface area contributed by atoms with Crippen molar-refractivity contribution in [2.75, 3.05) is 20.7 Å². The third-order valence-electron chi connectivity index (χ3n) is 3.44. The lowest BCUT2D eigenvalue weighted by Gasteiger charge is -2.20. The molecule has 1 amide bonds. The summed E-state index contributed by atoms with van der Waals surface area (Å²) in [6.07, 6.45) is 1.03. The fraction of sp³-hybridized carbons (Fsp3) is 0.500. The highest BCUT2D eigenvalue weighted by Crippen LogP contribution is 2.18. The molecule has 1 aromatic rings. The molecule has 116 valence electrons. The van der Waals surface area contributed by atoms with E-state index in [1.165, 1.54) is 7.11 Å². The standard InChI is InChI=1S/C16H22ClNO3/c1-11-5-6-13(9-14(11)17)7-8-15(19)18(3)10-12(2)16(20)21-4/h5-6,9,12H,7-8,10H2,1-4H3. The quantitative estimate of drug-likeness (QED) is 0.759. The Balaban J connectivity index is 2.49. The Morgan fingerprint density at radius 1 is 1.38 bits per heavy atom. The third kappa shape index (κ3) is 5.38. The van der Waals surface area contributed by atoms with E-state index in [1.54, 1.807) is 18.9 Å². The number of carbonyl (C=O) groups is 2. The van der Waals surface area contributed by atoms with Gasteiger partial charge in [-0.25, -0.2) is 0 Å². The number of carbonyl (C=O) groups excluding carboxylic acids is 2. The van der Waals surface area contributed by atoms with E-state index in [9.17, 15) is 9.59 Å². The van der Waals surface area contributed by atoms with E-state index in [1.807, 2.05) is 25.1 Å². The Kier molecular flexibility index (Phi) is 6.69. The summed E-state index contributed by atoms with van der Waals surface area (Å²) in [7, 11) is 3.05. The molecule has 0 aromatic heterocycles. The zero-order valence-electron chi connectivity index (χ0n) is 13.0. The minimum Gasteiger partial charge on any atom is -0.469 e. The number of amides is 1. The molecule has 0 N–H and O–H groups in total. The number of ether oxygens (including phenoxy) is 1. The zero-order valence-corrected chi connectivity index (χ0v) is 13.7. The predicted octanol–water partition coefficient (Wildman–Crippen LogP) is 2.85. The van der Waals surface area contributed by atoms with Gasteiger partial charge in [-0.15, -0.1) is 0 Å². The van der Waals surface area contributed by atoms with Gasteiger partial charge in [-0.3, -0.25) is 9.59 Å². The Morgan fingerprint density at radius 3 is 2.62 bits per heavy atom. The highest BCUT2D eigenvalue weighted by molar-refractivity contribution is 6.31. The van der Waals surface area contributed by atoms with Crippen molar-refractivity contribution in [2.45, 2.75) is 26.7 Å². The van der Waals surface area contributed by atoms with Crippen molar-refractivity contribution in [3.8, 4) is 0 Å². The number of benzene rings is 1. The van der Waals surface area contributed by atoms with Crippen LogP contribution in [0.1, 0.15) is 24.5 Å². The van der Waals surface area contributed by atoms with Gasteiger partial charge in [0, 0.05) is 25.0 Å². The van der Waals surface area contributed by atoms with E-state index >= 15 is 0 Å². The summed E-state index contributed by atoms with van der Waals surface area (Å²) < 4.78 is 4.65. The highest BCUT2D eigenvalue weighted by atomic mass is 35.5. The van der Waals surface area contributed by atoms with E-state index in [-0.39, 0.29) is 17.8 Å². The Labute approximate surface area is 131 Å². The molecule has 1 rings (SSSR count). The highest BCUT2D eigenvalue weighted by Gasteiger charge is 2.18. The number of hydrogen-bond donors (Lipinski definition) is 0. The minimum absolute atomic E-state index is 0.00227. The average molecular weight is 312 g/mol. The molecule has 0 saturated heterocycles. The van der Waals surface area contributed by atoms with Crippen LogP contribution in [0.2, 0.25) is 5.02 Å². The molecule has 0 saturated carbocycles. The molecule has 1 aromatic carbocycles. The number of aryl methyl sites for hydroxylation is 2. The number of nitrogens with zero attached hydrogens (tertiary/aromatic N) is 1. The molecule has 0 fully saturated rings. The van der Waals surface area contributed by atoms with Crippen LogP contribution in [0, 0.1) is 12.8 Å². The minimum atomic E-state index is -0.322. The lowest BCUT2D eigenvalue weighted by Crippen LogP contribution is -2.34. The fourth-order valence-electron chi connectivity index (χ4n) is 2.02. The molecule has 0 spiro atoms. The second-order valence-electron chi connectivity index (χ2n) is 5.28. The number of esters is 1. The Hall–Kier alpha value is -1.55. The number of methoxy groups -OCH3 is 1. The second kappa shape index (κ2) is 8.03. The maximum absolute atomic E-state index is 12.1. The van der Waals surface area contributed by atoms with Crippen molar-refractivity contribution in [1.82, 2.24) is 4.90 Å². The van der Waals surface area contributed by atoms with Crippen LogP contribution in [0.25, 0.3) is 0 Å². The van der Waals surface area contributed by atoms with Crippen molar-refractivity contribution in [3.63, 3.8) is 0 Å². The van der Waals surface area contributed by atoms with E-state index in [2.05, 4.69) is 4.74 Å². The predicted molar refractivity (Wildman–Crippen MR) is 83.3 cm³/mol. The maximum Gasteiger partial charge on any atom is 0.310 e. The summed E-state index contributed by atoms with van der Waals surface area (Å²) in [5, 5.41) is 0.715. The third-order valence-corrected chi connectivity index (χ3v) is 3.85. The van der Waals surface area contributed by atoms with Crippen LogP contribution in [0.5, 0.6) is 0 Å². The lowest BCUT2D eigenvalue weighted by atomic mass is 10.1. The van der Waals surface area contributed by atoms with Gasteiger partial charge in [-0.1, -0.05) is 30.7 Å². The first kappa shape index (κ1) is 17.5. The van der Waals surface area contributed by atoms with Crippen molar-refractivity contribution in [1.29, 1.82) is 0 Å². The molecule has 1 unspecified atom stereocenters. The molecular formula is C16H22ClNO3. The van der Waals surface area contributed by atoms with E-state index < -0.39 is 0 Å². The topological polar surface area (TPSA) is 46.6 Å². The van der Waals surface area contributed by atoms with E-state index in [0.717, 1.165) is 11.1 Å². The van der Waals surface area contributed by atoms with E-state index in [0.29, 0.717) is 24.4 Å². The maximum atomic E-state index is 12.1. The molecule has 21 heavy (non-hydrogen) atoms. The SMILES string of the molecule is COC(=O)C(C)CN(C)C(=O)CCc1ccc(C)c(Cl)c1. The molecule has 0 aliphatic rings. The first-order valence-electron chi connectivity index (χ1n) is 6.92. The summed E-state index contributed by atoms with van der Waals surface area (Å²) in [5.74, 6) is -0.625. The zero-order chi connectivity index (χ0) is 16.0. The van der Waals surface area contributed by atoms with Gasteiger partial charge in [-0.2, -0.15) is 0 Å². The van der Waals surface area contributed by atoms with Gasteiger partial charge in [0.05, 0.1) is 13.0 Å². The smallest absolute Gasteiger partial charge is 0.310 e. The van der Waals surface area contributed by atoms with Gasteiger partial charge in [0.15, 0.2) is 0 Å². The number of hydrogen-bond acceptors (Lipinski definition) is 3. The summed E-state index contributed by atoms with van der Waals surface area (Å²) >= 11 is 6.06. The monoisotopic (exact) mass is 311 g/mol. The van der Waals surface area contributed by atoms with Gasteiger partial charge in [-0.05, 0) is 30.5 Å². The molecule has 0 aliphatic heterocycles. The number of halogens is 1. The molecule has 0 aliphatic carbocycles. The van der Waals surface area contributed by atoms with Gasteiger partial charge in [0.2, 0.25) is 5.91 Å². The van der Waals surface area contributed by atoms with Crippen LogP contribution in [-0.2, 0) is 20.7 Å². The lowest BCUT2D eigenvalue weighted by molar-refractivity contribution is -0.146. The van der Waals surface area contributed by atoms with Crippen molar-refractivity contribution >= 4 is 23.5 Å². The summed E-state index contributed by atoms with van der Waals surface area (Å²) in [4.78, 5) is 25.0. The fourth-order valence-corrected chi connectivity index (χ4v) is 2.23. The van der Waals surface area contributed by atoms with Gasteiger partial charge in [0.1, 0.15) is 0 Å². The molecule has 0 radical (unpaired) electrons. The van der Waals surface area contributed by atoms with Gasteiger partial charge < -0.3 is 9.64 Å². The molecule has 5 heteroatoms. The summed E-state index contributed by atoms with van der Waals surface area (Å²) in [6.45, 7) is 4.05. The molecule has 1 atom stereocenters. The second-order valence-corrected chi connectivity index (χ2v) is 5.69. The van der Waals surface area contributed by atoms with Crippen LogP contribution in [0.15, 0.2) is 18.2 Å². The van der Waals surface area contributed by atoms with Crippen LogP contribution in [-0.4, -0.2) is 37.5 Å². The summed E-state index contributed by atoms with van der Waals surface area (Å²) in [6, 6.07) is 5.82. The summed E-state index contributed by atoms with van der Waals surface area (Å²) in [5.41, 5.74) is 2.06. The first-order valence-corrected chi connectivity index (χ1v) is 7.29. The molecule has 0 heterocycles. The number of rotatable bonds is 6. The molecule has 4 nitrogen and oxygen atoms in total. The van der Waals surface area contributed by atoms with Gasteiger partial charge in [0.25, 0.3) is 0 Å². The largest absolute Gasteiger partial charge is 0.469 e. The normalized spacial score (nSPS) is 11.9. The molecular weight excluding hydrogens is 290 g/mol. The Morgan fingerprint density at radius 2 is 2.05 bits per heavy atom. The first-order chi connectivity index (χ1) is 9.85. The van der Waals surface area contributed by atoms with Crippen LogP contribution < -0.4 is 0 Å². The van der Waals surface area contributed by atoms with Crippen molar-refractivity contribution in [2.24, 2.45) is 5.92 Å². The van der Waals surface area contributed by atoms with Crippen LogP contribution >= 0.6 is 11.6 Å². The van der Waals surface area contributed by atoms with Crippen molar-refractivity contribution in [3.05, 3.63) is 34.3 Å². The van der Waals surface area contributed by atoms with Crippen LogP contribution in [0.3, 0.4) is 0 Å². The van der Waals surface area contributed by atoms with Gasteiger partial charge >= 0.3 is 5.97 Å². The van der Waals surface area contributed by atoms with E-state index in [4.69, 9.17) is 11.6 Å².